The summed E-state index contributed by atoms with van der Waals surface area (Å²) in [4.78, 5) is 23.4. The number of nitrogens with zero attached hydrogens (tertiary/aromatic N) is 3. The summed E-state index contributed by atoms with van der Waals surface area (Å²) in [6.45, 7) is 8.20. The highest BCUT2D eigenvalue weighted by Gasteiger charge is 2.36. The Kier molecular flexibility index (Phi) is 6.89. The van der Waals surface area contributed by atoms with E-state index in [9.17, 15) is 18.0 Å². The number of hydrogen-bond donors (Lipinski definition) is 1. The van der Waals surface area contributed by atoms with Gasteiger partial charge in [0.05, 0.1) is 34.8 Å². The lowest BCUT2D eigenvalue weighted by Gasteiger charge is -2.26. The topological polar surface area (TPSA) is 57.6 Å². The van der Waals surface area contributed by atoms with Gasteiger partial charge in [-0.2, -0.15) is 13.2 Å². The van der Waals surface area contributed by atoms with E-state index >= 15 is 0 Å². The first kappa shape index (κ1) is 25.4. The quantitative estimate of drug-likeness (QED) is 0.418. The highest BCUT2D eigenvalue weighted by atomic mass is 19.4. The molecule has 4 rings (SSSR count). The van der Waals surface area contributed by atoms with Gasteiger partial charge in [-0.1, -0.05) is 32.0 Å². The van der Waals surface area contributed by atoms with Gasteiger partial charge in [-0.15, -0.1) is 0 Å². The highest BCUT2D eigenvalue weighted by molar-refractivity contribution is 6.17. The Balaban J connectivity index is 1.83. The first-order valence-electron chi connectivity index (χ1n) is 11.8. The molecule has 1 aliphatic heterocycles. The number of nitrogens with one attached hydrogen (secondary N) is 1. The molecule has 2 aromatic carbocycles. The Bertz CT molecular complexity index is 1320. The number of amides is 1. The summed E-state index contributed by atoms with van der Waals surface area (Å²) in [5.74, 6) is -0.248. The lowest BCUT2D eigenvalue weighted by molar-refractivity contribution is -0.137. The molecule has 0 atom stereocenters. The van der Waals surface area contributed by atoms with Gasteiger partial charge in [0.2, 0.25) is 5.91 Å². The summed E-state index contributed by atoms with van der Waals surface area (Å²) < 4.78 is 41.8. The van der Waals surface area contributed by atoms with Crippen LogP contribution in [0.4, 0.5) is 30.2 Å². The minimum Gasteiger partial charge on any atom is -0.374 e. The van der Waals surface area contributed by atoms with Crippen LogP contribution in [-0.4, -0.2) is 30.2 Å². The summed E-state index contributed by atoms with van der Waals surface area (Å²) in [5, 5.41) is 2.62. The van der Waals surface area contributed by atoms with E-state index in [0.717, 1.165) is 34.1 Å². The van der Waals surface area contributed by atoms with Crippen molar-refractivity contribution in [1.82, 2.24) is 4.98 Å². The van der Waals surface area contributed by atoms with Gasteiger partial charge in [0.15, 0.2) is 0 Å². The second-order valence-electron chi connectivity index (χ2n) is 9.66. The van der Waals surface area contributed by atoms with Crippen molar-refractivity contribution in [3.8, 4) is 11.1 Å². The fourth-order valence-corrected chi connectivity index (χ4v) is 4.54. The molecule has 1 aliphatic rings. The van der Waals surface area contributed by atoms with E-state index in [1.54, 1.807) is 11.9 Å². The van der Waals surface area contributed by atoms with Crippen LogP contribution in [0.1, 0.15) is 42.8 Å². The average Bonchev–Trinajstić information content (AvgIpc) is 2.94. The van der Waals surface area contributed by atoms with Crippen molar-refractivity contribution in [3.63, 3.8) is 0 Å². The van der Waals surface area contributed by atoms with Crippen molar-refractivity contribution >= 4 is 28.7 Å². The molecular weight excluding hydrogens is 465 g/mol. The molecule has 36 heavy (non-hydrogen) atoms. The van der Waals surface area contributed by atoms with Crippen LogP contribution < -0.4 is 10.2 Å². The van der Waals surface area contributed by atoms with E-state index in [2.05, 4.69) is 10.3 Å². The summed E-state index contributed by atoms with van der Waals surface area (Å²) in [6, 6.07) is 14.0. The predicted molar refractivity (Wildman–Crippen MR) is 138 cm³/mol. The third kappa shape index (κ3) is 5.58. The molecule has 0 saturated heterocycles. The van der Waals surface area contributed by atoms with Crippen LogP contribution in [0, 0.1) is 19.8 Å². The van der Waals surface area contributed by atoms with E-state index in [0.29, 0.717) is 17.9 Å². The van der Waals surface area contributed by atoms with Crippen molar-refractivity contribution in [2.24, 2.45) is 10.9 Å². The predicted octanol–water partition coefficient (Wildman–Crippen LogP) is 6.94. The molecule has 1 N–H and O–H groups in total. The molecule has 5 nitrogen and oxygen atoms in total. The Morgan fingerprint density at radius 3 is 2.31 bits per heavy atom. The first-order chi connectivity index (χ1) is 16.9. The number of aryl methyl sites for hydroxylation is 2. The Morgan fingerprint density at radius 1 is 1.00 bits per heavy atom. The van der Waals surface area contributed by atoms with Crippen LogP contribution in [0.2, 0.25) is 0 Å². The molecule has 1 aromatic heterocycles. The zero-order chi connectivity index (χ0) is 26.2. The minimum atomic E-state index is -4.58. The van der Waals surface area contributed by atoms with Gasteiger partial charge in [0.25, 0.3) is 0 Å². The standard InChI is InChI=1S/C28H29F3N4O/c1-16(2)15-35(5)26-13-25-24(12-22(26)28(29,30)31)34-27(36)14-23(33-25)20-8-6-7-19(11-20)21-9-17(3)32-18(4)10-21/h6-13,16H,14-15H2,1-5H3,(H,34,36). The summed E-state index contributed by atoms with van der Waals surface area (Å²) >= 11 is 0. The lowest BCUT2D eigenvalue weighted by Crippen LogP contribution is -2.25. The van der Waals surface area contributed by atoms with Crippen LogP contribution in [0.3, 0.4) is 0 Å². The van der Waals surface area contributed by atoms with E-state index < -0.39 is 17.6 Å². The second-order valence-corrected chi connectivity index (χ2v) is 9.66. The maximum Gasteiger partial charge on any atom is 0.418 e. The third-order valence-electron chi connectivity index (χ3n) is 5.94. The van der Waals surface area contributed by atoms with Crippen molar-refractivity contribution in [2.75, 3.05) is 23.8 Å². The van der Waals surface area contributed by atoms with Crippen molar-refractivity contribution in [3.05, 3.63) is 71.0 Å². The van der Waals surface area contributed by atoms with Crippen molar-refractivity contribution < 1.29 is 18.0 Å². The fourth-order valence-electron chi connectivity index (χ4n) is 4.54. The number of aliphatic imine (C=N–C) groups is 1. The number of halogens is 3. The van der Waals surface area contributed by atoms with Gasteiger partial charge >= 0.3 is 6.18 Å². The number of carbonyl (C=O) groups excluding carboxylic acids is 1. The van der Waals surface area contributed by atoms with Crippen LogP contribution in [0.5, 0.6) is 0 Å². The van der Waals surface area contributed by atoms with Gasteiger partial charge in [-0.25, -0.2) is 0 Å². The third-order valence-corrected chi connectivity index (χ3v) is 5.94. The number of fused-ring (bicyclic) bond motifs is 1. The van der Waals surface area contributed by atoms with Crippen LogP contribution in [0.15, 0.2) is 53.5 Å². The van der Waals surface area contributed by atoms with Gasteiger partial charge < -0.3 is 10.2 Å². The number of carbonyl (C=O) groups is 1. The molecule has 0 unspecified atom stereocenters. The monoisotopic (exact) mass is 494 g/mol. The number of benzene rings is 2. The molecule has 2 heterocycles. The van der Waals surface area contributed by atoms with Crippen LogP contribution in [0.25, 0.3) is 11.1 Å². The van der Waals surface area contributed by atoms with Gasteiger partial charge in [0, 0.05) is 25.0 Å². The maximum absolute atomic E-state index is 13.9. The van der Waals surface area contributed by atoms with Crippen LogP contribution >= 0.6 is 0 Å². The number of rotatable bonds is 5. The Labute approximate surface area is 209 Å². The lowest BCUT2D eigenvalue weighted by atomic mass is 9.99. The largest absolute Gasteiger partial charge is 0.418 e. The van der Waals surface area contributed by atoms with Crippen molar-refractivity contribution in [1.29, 1.82) is 0 Å². The average molecular weight is 495 g/mol. The summed E-state index contributed by atoms with van der Waals surface area (Å²) in [5.41, 5.74) is 4.55. The molecule has 0 radical (unpaired) electrons. The Morgan fingerprint density at radius 2 is 1.67 bits per heavy atom. The van der Waals surface area contributed by atoms with E-state index in [1.807, 2.05) is 64.1 Å². The number of hydrogen-bond acceptors (Lipinski definition) is 4. The number of anilines is 2. The molecule has 0 bridgehead atoms. The first-order valence-corrected chi connectivity index (χ1v) is 11.8. The van der Waals surface area contributed by atoms with E-state index in [4.69, 9.17) is 4.99 Å². The summed E-state index contributed by atoms with van der Waals surface area (Å²) in [7, 11) is 1.64. The summed E-state index contributed by atoms with van der Waals surface area (Å²) in [6.07, 6.45) is -4.63. The minimum absolute atomic E-state index is 0.0330. The normalized spacial score (nSPS) is 13.7. The molecule has 8 heteroatoms. The van der Waals surface area contributed by atoms with Gasteiger partial charge in [-0.05, 0) is 66.8 Å². The van der Waals surface area contributed by atoms with Gasteiger partial charge in [0.1, 0.15) is 0 Å². The van der Waals surface area contributed by atoms with Gasteiger partial charge in [-0.3, -0.25) is 14.8 Å². The maximum atomic E-state index is 13.9. The van der Waals surface area contributed by atoms with Crippen LogP contribution in [-0.2, 0) is 11.0 Å². The zero-order valence-electron chi connectivity index (χ0n) is 21.0. The molecule has 0 fully saturated rings. The molecule has 3 aromatic rings. The Hall–Kier alpha value is -3.68. The number of aromatic nitrogens is 1. The second kappa shape index (κ2) is 9.76. The SMILES string of the molecule is Cc1cc(-c2cccc(C3=Nc4cc(N(C)CC(C)C)c(C(F)(F)F)cc4NC(=O)C3)c2)cc(C)n1. The highest BCUT2D eigenvalue weighted by Crippen LogP contribution is 2.43. The zero-order valence-corrected chi connectivity index (χ0v) is 21.0. The smallest absolute Gasteiger partial charge is 0.374 e. The molecule has 0 aliphatic carbocycles. The molecule has 0 saturated carbocycles. The van der Waals surface area contributed by atoms with E-state index in [-0.39, 0.29) is 23.7 Å². The number of pyridine rings is 1. The molecule has 0 spiro atoms. The molecule has 188 valence electrons. The molecule has 1 amide bonds. The van der Waals surface area contributed by atoms with Crippen molar-refractivity contribution in [2.45, 2.75) is 40.3 Å². The van der Waals surface area contributed by atoms with E-state index in [1.165, 1.54) is 6.07 Å². The molecular formula is C28H29F3N4O. The fraction of sp³-hybridized carbons (Fsp3) is 0.321. The number of alkyl halides is 3.